The summed E-state index contributed by atoms with van der Waals surface area (Å²) in [6.45, 7) is 0. The van der Waals surface area contributed by atoms with Crippen LogP contribution in [0, 0.1) is 0 Å². The summed E-state index contributed by atoms with van der Waals surface area (Å²) in [5.41, 5.74) is 8.85. The standard InChI is InChI=1S/C44H26N2O/c1-2-11-29(12-3-1)46-37-16-8-6-14-32(37)33-22-18-28-19-23-34-36-26-30(21-25-40(36)47-44(34)41(28)43(33)46)45-38-17-9-7-15-35(38)42-31-13-5-4-10-27(31)20-24-39(42)45/h1-26H. The van der Waals surface area contributed by atoms with Crippen molar-refractivity contribution in [1.82, 2.24) is 9.13 Å². The normalized spacial score (nSPS) is 12.3. The lowest BCUT2D eigenvalue weighted by Crippen LogP contribution is -1.94. The SMILES string of the molecule is c1ccc(-n2c3ccccc3c3ccc4ccc5c6cc(-n7c8ccccc8c8c9ccccc9ccc87)ccc6oc5c4c32)cc1. The zero-order valence-corrected chi connectivity index (χ0v) is 25.3. The molecule has 11 rings (SSSR count). The molecule has 0 N–H and O–H groups in total. The maximum atomic E-state index is 6.84. The molecule has 0 radical (unpaired) electrons. The molecule has 8 aromatic carbocycles. The van der Waals surface area contributed by atoms with E-state index in [0.29, 0.717) is 0 Å². The van der Waals surface area contributed by atoms with Gasteiger partial charge in [-0.3, -0.25) is 0 Å². The average molecular weight is 599 g/mol. The summed E-state index contributed by atoms with van der Waals surface area (Å²) in [5, 5.41) is 12.1. The lowest BCUT2D eigenvalue weighted by molar-refractivity contribution is 0.673. The molecule has 0 amide bonds. The Morgan fingerprint density at radius 2 is 1.04 bits per heavy atom. The van der Waals surface area contributed by atoms with Crippen LogP contribution < -0.4 is 0 Å². The lowest BCUT2D eigenvalue weighted by atomic mass is 10.0. The fourth-order valence-electron chi connectivity index (χ4n) is 8.08. The molecule has 0 spiro atoms. The Balaban J connectivity index is 1.25. The molecule has 0 aliphatic heterocycles. The molecular formula is C44H26N2O. The van der Waals surface area contributed by atoms with Crippen LogP contribution in [0.25, 0.3) is 98.5 Å². The molecular weight excluding hydrogens is 572 g/mol. The Labute approximate surface area is 269 Å². The van der Waals surface area contributed by atoms with E-state index in [2.05, 4.69) is 167 Å². The Morgan fingerprint density at radius 3 is 1.89 bits per heavy atom. The molecule has 3 nitrogen and oxygen atoms in total. The number of hydrogen-bond donors (Lipinski definition) is 0. The molecule has 0 atom stereocenters. The van der Waals surface area contributed by atoms with Crippen molar-refractivity contribution in [3.05, 3.63) is 158 Å². The van der Waals surface area contributed by atoms with E-state index in [4.69, 9.17) is 4.42 Å². The lowest BCUT2D eigenvalue weighted by Gasteiger charge is -2.10. The van der Waals surface area contributed by atoms with Gasteiger partial charge in [-0.05, 0) is 70.8 Å². The first-order valence-corrected chi connectivity index (χ1v) is 16.1. The summed E-state index contributed by atoms with van der Waals surface area (Å²) in [5.74, 6) is 0. The molecule has 0 bridgehead atoms. The highest BCUT2D eigenvalue weighted by molar-refractivity contribution is 6.27. The van der Waals surface area contributed by atoms with Gasteiger partial charge < -0.3 is 13.6 Å². The van der Waals surface area contributed by atoms with E-state index in [0.717, 1.165) is 38.7 Å². The van der Waals surface area contributed by atoms with E-state index in [-0.39, 0.29) is 0 Å². The topological polar surface area (TPSA) is 23.0 Å². The number of fused-ring (bicyclic) bond motifs is 14. The molecule has 11 aromatic rings. The average Bonchev–Trinajstić information content (AvgIpc) is 3.79. The van der Waals surface area contributed by atoms with Gasteiger partial charge in [0.05, 0.1) is 22.1 Å². The van der Waals surface area contributed by atoms with Crippen LogP contribution in [0.5, 0.6) is 0 Å². The molecule has 218 valence electrons. The Bertz CT molecular complexity index is 3070. The summed E-state index contributed by atoms with van der Waals surface area (Å²) < 4.78 is 11.6. The first-order valence-electron chi connectivity index (χ1n) is 16.1. The van der Waals surface area contributed by atoms with Crippen molar-refractivity contribution in [2.75, 3.05) is 0 Å². The maximum Gasteiger partial charge on any atom is 0.145 e. The predicted molar refractivity (Wildman–Crippen MR) is 197 cm³/mol. The van der Waals surface area contributed by atoms with Crippen molar-refractivity contribution in [3.8, 4) is 11.4 Å². The molecule has 3 aromatic heterocycles. The Kier molecular flexibility index (Phi) is 4.84. The molecule has 0 aliphatic rings. The van der Waals surface area contributed by atoms with Gasteiger partial charge in [-0.2, -0.15) is 0 Å². The van der Waals surface area contributed by atoms with E-state index >= 15 is 0 Å². The summed E-state index contributed by atoms with van der Waals surface area (Å²) in [4.78, 5) is 0. The van der Waals surface area contributed by atoms with E-state index in [9.17, 15) is 0 Å². The third kappa shape index (κ3) is 3.30. The Hall–Kier alpha value is -6.32. The first-order chi connectivity index (χ1) is 23.3. The second kappa shape index (κ2) is 9.12. The summed E-state index contributed by atoms with van der Waals surface area (Å²) in [6.07, 6.45) is 0. The largest absolute Gasteiger partial charge is 0.455 e. The molecule has 47 heavy (non-hydrogen) atoms. The summed E-state index contributed by atoms with van der Waals surface area (Å²) in [7, 11) is 0. The van der Waals surface area contributed by atoms with Gasteiger partial charge in [0, 0.05) is 49.1 Å². The van der Waals surface area contributed by atoms with Crippen LogP contribution in [-0.2, 0) is 0 Å². The van der Waals surface area contributed by atoms with Gasteiger partial charge in [0.2, 0.25) is 0 Å². The second-order valence-corrected chi connectivity index (χ2v) is 12.5. The molecule has 3 heteroatoms. The number of rotatable bonds is 2. The highest BCUT2D eigenvalue weighted by Crippen LogP contribution is 2.43. The molecule has 0 saturated heterocycles. The van der Waals surface area contributed by atoms with Crippen molar-refractivity contribution in [1.29, 1.82) is 0 Å². The van der Waals surface area contributed by atoms with E-state index < -0.39 is 0 Å². The minimum atomic E-state index is 0.891. The predicted octanol–water partition coefficient (Wildman–Crippen LogP) is 12.1. The van der Waals surface area contributed by atoms with Gasteiger partial charge in [-0.15, -0.1) is 0 Å². The monoisotopic (exact) mass is 598 g/mol. The zero-order chi connectivity index (χ0) is 30.6. The highest BCUT2D eigenvalue weighted by Gasteiger charge is 2.20. The van der Waals surface area contributed by atoms with Crippen LogP contribution in [0.4, 0.5) is 0 Å². The third-order valence-electron chi connectivity index (χ3n) is 10.1. The van der Waals surface area contributed by atoms with Gasteiger partial charge in [0.15, 0.2) is 0 Å². The van der Waals surface area contributed by atoms with Crippen LogP contribution in [-0.4, -0.2) is 9.13 Å². The fraction of sp³-hybridized carbons (Fsp3) is 0. The third-order valence-corrected chi connectivity index (χ3v) is 10.1. The minimum Gasteiger partial charge on any atom is -0.455 e. The van der Waals surface area contributed by atoms with Crippen LogP contribution in [0.2, 0.25) is 0 Å². The molecule has 3 heterocycles. The van der Waals surface area contributed by atoms with Gasteiger partial charge in [0.1, 0.15) is 11.2 Å². The molecule has 0 saturated carbocycles. The molecule has 0 unspecified atom stereocenters. The van der Waals surface area contributed by atoms with Crippen LogP contribution in [0.3, 0.4) is 0 Å². The van der Waals surface area contributed by atoms with Gasteiger partial charge in [-0.25, -0.2) is 0 Å². The van der Waals surface area contributed by atoms with Crippen molar-refractivity contribution in [2.24, 2.45) is 0 Å². The van der Waals surface area contributed by atoms with Crippen LogP contribution in [0.1, 0.15) is 0 Å². The molecule has 0 aliphatic carbocycles. The number of nitrogens with zero attached hydrogens (tertiary/aromatic N) is 2. The van der Waals surface area contributed by atoms with Crippen LogP contribution in [0.15, 0.2) is 162 Å². The Morgan fingerprint density at radius 1 is 0.362 bits per heavy atom. The fourth-order valence-corrected chi connectivity index (χ4v) is 8.08. The summed E-state index contributed by atoms with van der Waals surface area (Å²) in [6, 6.07) is 56.9. The van der Waals surface area contributed by atoms with E-state index in [1.807, 2.05) is 0 Å². The van der Waals surface area contributed by atoms with Crippen LogP contribution >= 0.6 is 0 Å². The smallest absolute Gasteiger partial charge is 0.145 e. The number of hydrogen-bond acceptors (Lipinski definition) is 1. The number of para-hydroxylation sites is 3. The van der Waals surface area contributed by atoms with E-state index in [1.165, 1.54) is 59.8 Å². The minimum absolute atomic E-state index is 0.891. The quantitative estimate of drug-likeness (QED) is 0.194. The van der Waals surface area contributed by atoms with E-state index in [1.54, 1.807) is 0 Å². The molecule has 0 fully saturated rings. The summed E-state index contributed by atoms with van der Waals surface area (Å²) >= 11 is 0. The number of furan rings is 1. The van der Waals surface area contributed by atoms with Gasteiger partial charge in [0.25, 0.3) is 0 Å². The van der Waals surface area contributed by atoms with Crippen molar-refractivity contribution < 1.29 is 4.42 Å². The second-order valence-electron chi connectivity index (χ2n) is 12.5. The van der Waals surface area contributed by atoms with Crippen molar-refractivity contribution in [3.63, 3.8) is 0 Å². The van der Waals surface area contributed by atoms with Gasteiger partial charge in [-0.1, -0.05) is 103 Å². The number of aromatic nitrogens is 2. The van der Waals surface area contributed by atoms with Gasteiger partial charge >= 0.3 is 0 Å². The van der Waals surface area contributed by atoms with Crippen molar-refractivity contribution >= 4 is 87.1 Å². The van der Waals surface area contributed by atoms with Crippen molar-refractivity contribution in [2.45, 2.75) is 0 Å². The maximum absolute atomic E-state index is 6.84. The highest BCUT2D eigenvalue weighted by atomic mass is 16.3. The number of benzene rings is 8. The zero-order valence-electron chi connectivity index (χ0n) is 25.3. The first kappa shape index (κ1) is 24.9.